The van der Waals surface area contributed by atoms with E-state index < -0.39 is 23.4 Å². The van der Waals surface area contributed by atoms with Crippen LogP contribution in [0, 0.1) is 5.82 Å². The summed E-state index contributed by atoms with van der Waals surface area (Å²) in [6, 6.07) is 13.3. The van der Waals surface area contributed by atoms with E-state index in [1.165, 1.54) is 12.1 Å². The fraction of sp³-hybridized carbons (Fsp3) is 0.292. The summed E-state index contributed by atoms with van der Waals surface area (Å²) in [6.45, 7) is 1.62. The van der Waals surface area contributed by atoms with Crippen molar-refractivity contribution >= 4 is 28.7 Å². The van der Waals surface area contributed by atoms with Gasteiger partial charge in [-0.15, -0.1) is 0 Å². The lowest BCUT2D eigenvalue weighted by atomic mass is 9.93. The monoisotopic (exact) mass is 436 g/mol. The average molecular weight is 436 g/mol. The molecule has 1 aromatic heterocycles. The summed E-state index contributed by atoms with van der Waals surface area (Å²) in [5, 5.41) is 4.55. The number of aryl methyl sites for hydroxylation is 2. The number of carbonyl (C=O) groups is 3. The Morgan fingerprint density at radius 2 is 1.84 bits per heavy atom. The van der Waals surface area contributed by atoms with Crippen LogP contribution in [0.15, 0.2) is 54.7 Å². The molecule has 0 bridgehead atoms. The molecule has 0 radical (unpaired) electrons. The Kier molecular flexibility index (Phi) is 5.94. The number of rotatable bonds is 8. The molecule has 2 heterocycles. The lowest BCUT2D eigenvalue weighted by Crippen LogP contribution is -2.48. The maximum absolute atomic E-state index is 13.1. The van der Waals surface area contributed by atoms with Gasteiger partial charge in [-0.25, -0.2) is 9.18 Å². The summed E-state index contributed by atoms with van der Waals surface area (Å²) in [4.78, 5) is 40.7. The van der Waals surface area contributed by atoms with Crippen molar-refractivity contribution in [3.63, 3.8) is 0 Å². The van der Waals surface area contributed by atoms with Crippen LogP contribution in [0.4, 0.5) is 9.18 Å². The van der Waals surface area contributed by atoms with Crippen LogP contribution in [0.2, 0.25) is 0 Å². The molecule has 2 aromatic carbocycles. The predicted octanol–water partition coefficient (Wildman–Crippen LogP) is 3.60. The van der Waals surface area contributed by atoms with Crippen molar-refractivity contribution in [3.8, 4) is 0 Å². The summed E-state index contributed by atoms with van der Waals surface area (Å²) in [5.41, 5.74) is 4.32. The molecular weight excluding hydrogens is 411 g/mol. The van der Waals surface area contributed by atoms with Gasteiger partial charge in [0.05, 0.1) is 0 Å². The molecular formula is C24H25FN4O3. The average Bonchev–Trinajstić information content (AvgIpc) is 3.28. The van der Waals surface area contributed by atoms with Crippen LogP contribution in [-0.4, -0.2) is 33.4 Å². The van der Waals surface area contributed by atoms with Crippen molar-refractivity contribution in [2.45, 2.75) is 44.6 Å². The number of nitrogens with zero attached hydrogens (tertiary/aromatic N) is 1. The second-order valence-electron chi connectivity index (χ2n) is 8.28. The number of amides is 4. The summed E-state index contributed by atoms with van der Waals surface area (Å²) in [7, 11) is 0. The normalized spacial score (nSPS) is 18.2. The van der Waals surface area contributed by atoms with Gasteiger partial charge in [-0.1, -0.05) is 30.3 Å². The maximum Gasteiger partial charge on any atom is 0.344 e. The number of carbonyl (C=O) groups excluding carboxylic acids is 3. The van der Waals surface area contributed by atoms with Crippen LogP contribution in [0.25, 0.3) is 10.9 Å². The van der Waals surface area contributed by atoms with Gasteiger partial charge < -0.3 is 10.3 Å². The largest absolute Gasteiger partial charge is 0.361 e. The van der Waals surface area contributed by atoms with E-state index in [1.54, 1.807) is 19.1 Å². The van der Waals surface area contributed by atoms with Crippen molar-refractivity contribution < 1.29 is 18.8 Å². The van der Waals surface area contributed by atoms with Gasteiger partial charge in [0.15, 0.2) is 0 Å². The number of imide groups is 1. The number of hydrogen-bond donors (Lipinski definition) is 3. The number of benzene rings is 2. The van der Waals surface area contributed by atoms with E-state index in [-0.39, 0.29) is 12.2 Å². The first-order valence-electron chi connectivity index (χ1n) is 10.6. The Balaban J connectivity index is 1.29. The molecule has 1 fully saturated rings. The Morgan fingerprint density at radius 1 is 1.09 bits per heavy atom. The molecule has 3 aromatic rings. The molecule has 1 atom stereocenters. The van der Waals surface area contributed by atoms with Gasteiger partial charge in [-0.05, 0) is 61.9 Å². The second kappa shape index (κ2) is 8.82. The third-order valence-electron chi connectivity index (χ3n) is 5.85. The van der Waals surface area contributed by atoms with Crippen LogP contribution in [0.5, 0.6) is 0 Å². The van der Waals surface area contributed by atoms with E-state index in [0.29, 0.717) is 25.7 Å². The van der Waals surface area contributed by atoms with Crippen molar-refractivity contribution in [2.75, 3.05) is 0 Å². The van der Waals surface area contributed by atoms with Crippen molar-refractivity contribution in [3.05, 3.63) is 71.7 Å². The molecule has 0 saturated carbocycles. The fourth-order valence-electron chi connectivity index (χ4n) is 3.96. The lowest BCUT2D eigenvalue weighted by molar-refractivity contribution is -0.138. The highest BCUT2D eigenvalue weighted by atomic mass is 19.1. The molecule has 0 aliphatic carbocycles. The minimum Gasteiger partial charge on any atom is -0.361 e. The Bertz CT molecular complexity index is 1160. The molecule has 32 heavy (non-hydrogen) atoms. The van der Waals surface area contributed by atoms with Crippen LogP contribution >= 0.6 is 0 Å². The fourth-order valence-corrected chi connectivity index (χ4v) is 3.96. The van der Waals surface area contributed by atoms with Crippen LogP contribution in [0.1, 0.15) is 37.3 Å². The zero-order valence-electron chi connectivity index (χ0n) is 17.8. The van der Waals surface area contributed by atoms with Gasteiger partial charge in [-0.2, -0.15) is 5.01 Å². The molecule has 1 aliphatic rings. The summed E-state index contributed by atoms with van der Waals surface area (Å²) in [5.74, 6) is -1.23. The summed E-state index contributed by atoms with van der Waals surface area (Å²) >= 11 is 0. The molecule has 166 valence electrons. The number of nitrogens with one attached hydrogen (secondary N) is 3. The van der Waals surface area contributed by atoms with Gasteiger partial charge in [0.25, 0.3) is 5.91 Å². The smallest absolute Gasteiger partial charge is 0.344 e. The number of aromatic amines is 1. The lowest BCUT2D eigenvalue weighted by Gasteiger charge is -2.21. The highest BCUT2D eigenvalue weighted by Gasteiger charge is 2.48. The molecule has 1 aliphatic heterocycles. The number of hydrazine groups is 1. The minimum absolute atomic E-state index is 0.183. The number of para-hydroxylation sites is 1. The second-order valence-corrected chi connectivity index (χ2v) is 8.28. The van der Waals surface area contributed by atoms with Gasteiger partial charge in [-0.3, -0.25) is 15.0 Å². The molecule has 7 nitrogen and oxygen atoms in total. The Hall–Kier alpha value is -3.68. The first-order chi connectivity index (χ1) is 15.4. The van der Waals surface area contributed by atoms with Gasteiger partial charge in [0.1, 0.15) is 11.4 Å². The number of H-pyrrole nitrogens is 1. The van der Waals surface area contributed by atoms with E-state index in [2.05, 4.69) is 15.7 Å². The van der Waals surface area contributed by atoms with Crippen molar-refractivity contribution in [2.24, 2.45) is 0 Å². The number of aromatic nitrogens is 1. The van der Waals surface area contributed by atoms with Crippen molar-refractivity contribution in [1.29, 1.82) is 0 Å². The van der Waals surface area contributed by atoms with Gasteiger partial charge in [0, 0.05) is 23.5 Å². The quantitative estimate of drug-likeness (QED) is 0.471. The predicted molar refractivity (Wildman–Crippen MR) is 118 cm³/mol. The number of hydrogen-bond acceptors (Lipinski definition) is 3. The van der Waals surface area contributed by atoms with Gasteiger partial charge >= 0.3 is 6.03 Å². The number of urea groups is 1. The van der Waals surface area contributed by atoms with Crippen molar-refractivity contribution in [1.82, 2.24) is 20.7 Å². The SMILES string of the molecule is CC1(CCc2ccc(F)cc2)NC(=O)N(NC(=O)CCCc2c[nH]c3ccccc23)C1=O. The standard InChI is InChI=1S/C24H25FN4O3/c1-24(14-13-16-9-11-18(25)12-10-16)22(31)29(23(32)27-24)28-21(30)8-4-5-17-15-26-20-7-3-2-6-19(17)20/h2-3,6-7,9-12,15,26H,4-5,8,13-14H2,1H3,(H,27,32)(H,28,30). The van der Waals surface area contributed by atoms with Crippen LogP contribution in [-0.2, 0) is 22.4 Å². The third-order valence-corrected chi connectivity index (χ3v) is 5.85. The minimum atomic E-state index is -1.14. The van der Waals surface area contributed by atoms with Gasteiger partial charge in [0.2, 0.25) is 5.91 Å². The van der Waals surface area contributed by atoms with E-state index in [1.807, 2.05) is 30.5 Å². The molecule has 1 saturated heterocycles. The first kappa shape index (κ1) is 21.5. The zero-order chi connectivity index (χ0) is 22.7. The van der Waals surface area contributed by atoms with Crippen LogP contribution in [0.3, 0.4) is 0 Å². The maximum atomic E-state index is 13.1. The molecule has 3 N–H and O–H groups in total. The molecule has 1 unspecified atom stereocenters. The molecule has 8 heteroatoms. The molecule has 4 rings (SSSR count). The highest BCUT2D eigenvalue weighted by molar-refractivity contribution is 6.07. The van der Waals surface area contributed by atoms with E-state index in [0.717, 1.165) is 27.0 Å². The number of halogens is 1. The Labute approximate surface area is 185 Å². The molecule has 4 amide bonds. The van der Waals surface area contributed by atoms with E-state index in [9.17, 15) is 18.8 Å². The summed E-state index contributed by atoms with van der Waals surface area (Å²) in [6.07, 6.45) is 4.22. The highest BCUT2D eigenvalue weighted by Crippen LogP contribution is 2.23. The zero-order valence-corrected chi connectivity index (χ0v) is 17.8. The van der Waals surface area contributed by atoms with Crippen LogP contribution < -0.4 is 10.7 Å². The van der Waals surface area contributed by atoms with E-state index >= 15 is 0 Å². The number of fused-ring (bicyclic) bond motifs is 1. The van der Waals surface area contributed by atoms with E-state index in [4.69, 9.17) is 0 Å². The Morgan fingerprint density at radius 3 is 2.62 bits per heavy atom. The first-order valence-corrected chi connectivity index (χ1v) is 10.6. The summed E-state index contributed by atoms with van der Waals surface area (Å²) < 4.78 is 13.1. The topological polar surface area (TPSA) is 94.3 Å². The third kappa shape index (κ3) is 4.49. The molecule has 0 spiro atoms.